The number of carbonyl (C=O) groups is 2. The predicted octanol–water partition coefficient (Wildman–Crippen LogP) is 0.893. The number of amides is 1. The summed E-state index contributed by atoms with van der Waals surface area (Å²) in [6.45, 7) is 3.80. The van der Waals surface area contributed by atoms with Gasteiger partial charge in [-0.05, 0) is 26.7 Å². The topological polar surface area (TPSA) is 103 Å². The molecule has 1 amide bonds. The molecule has 0 bridgehead atoms. The van der Waals surface area contributed by atoms with E-state index in [0.29, 0.717) is 24.0 Å². The molecule has 0 aliphatic heterocycles. The second-order valence-electron chi connectivity index (χ2n) is 5.21. The standard InChI is InChI=1S/C14H19N3O4/c1-3-17(7-6-10(18)19)14(21)11-8(2)15-12(9-4-5-9)16-13(11)20/h9H,3-7H2,1-2H3,(H,18,19)(H,15,16,20). The van der Waals surface area contributed by atoms with Crippen molar-refractivity contribution < 1.29 is 14.7 Å². The molecule has 1 aliphatic rings. The van der Waals surface area contributed by atoms with Gasteiger partial charge in [-0.1, -0.05) is 0 Å². The summed E-state index contributed by atoms with van der Waals surface area (Å²) in [6, 6.07) is 0. The van der Waals surface area contributed by atoms with Crippen LogP contribution in [0.3, 0.4) is 0 Å². The summed E-state index contributed by atoms with van der Waals surface area (Å²) in [7, 11) is 0. The van der Waals surface area contributed by atoms with E-state index in [9.17, 15) is 14.4 Å². The van der Waals surface area contributed by atoms with Crippen LogP contribution in [0.15, 0.2) is 4.79 Å². The number of hydrogen-bond donors (Lipinski definition) is 2. The predicted molar refractivity (Wildman–Crippen MR) is 75.4 cm³/mol. The summed E-state index contributed by atoms with van der Waals surface area (Å²) in [4.78, 5) is 43.5. The molecule has 0 radical (unpaired) electrons. The third kappa shape index (κ3) is 3.48. The minimum absolute atomic E-state index is 0.00615. The number of carbonyl (C=O) groups excluding carboxylic acids is 1. The first-order valence-corrected chi connectivity index (χ1v) is 7.06. The molecule has 2 N–H and O–H groups in total. The minimum Gasteiger partial charge on any atom is -0.481 e. The van der Waals surface area contributed by atoms with E-state index < -0.39 is 17.4 Å². The third-order valence-corrected chi connectivity index (χ3v) is 3.56. The zero-order valence-electron chi connectivity index (χ0n) is 12.2. The molecule has 0 aromatic carbocycles. The number of hydrogen-bond acceptors (Lipinski definition) is 4. The molecule has 2 rings (SSSR count). The highest BCUT2D eigenvalue weighted by Crippen LogP contribution is 2.37. The summed E-state index contributed by atoms with van der Waals surface area (Å²) in [6.07, 6.45) is 1.87. The molecular weight excluding hydrogens is 274 g/mol. The number of carboxylic acid groups (broad SMARTS) is 1. The summed E-state index contributed by atoms with van der Waals surface area (Å²) in [5.41, 5.74) is -0.0331. The van der Waals surface area contributed by atoms with Gasteiger partial charge in [0.2, 0.25) is 0 Å². The Morgan fingerprint density at radius 2 is 2.10 bits per heavy atom. The van der Waals surface area contributed by atoms with Gasteiger partial charge in [0, 0.05) is 19.0 Å². The lowest BCUT2D eigenvalue weighted by atomic mass is 10.2. The Morgan fingerprint density at radius 3 is 2.57 bits per heavy atom. The largest absolute Gasteiger partial charge is 0.481 e. The number of rotatable bonds is 6. The molecule has 1 heterocycles. The normalized spacial score (nSPS) is 14.0. The number of aryl methyl sites for hydroxylation is 1. The molecule has 0 saturated heterocycles. The van der Waals surface area contributed by atoms with Gasteiger partial charge < -0.3 is 15.0 Å². The minimum atomic E-state index is -0.978. The van der Waals surface area contributed by atoms with E-state index in [-0.39, 0.29) is 18.5 Å². The van der Waals surface area contributed by atoms with Gasteiger partial charge in [0.1, 0.15) is 11.4 Å². The van der Waals surface area contributed by atoms with Crippen molar-refractivity contribution in [2.45, 2.75) is 39.0 Å². The Labute approximate surface area is 122 Å². The van der Waals surface area contributed by atoms with E-state index in [1.807, 2.05) is 0 Å². The SMILES string of the molecule is CCN(CCC(=O)O)C(=O)c1c(C)nc(C2CC2)[nH]c1=O. The van der Waals surface area contributed by atoms with Crippen LogP contribution >= 0.6 is 0 Å². The number of nitrogens with one attached hydrogen (secondary N) is 1. The third-order valence-electron chi connectivity index (χ3n) is 3.56. The van der Waals surface area contributed by atoms with Gasteiger partial charge in [-0.3, -0.25) is 14.4 Å². The first-order chi connectivity index (χ1) is 9.93. The lowest BCUT2D eigenvalue weighted by molar-refractivity contribution is -0.137. The number of aromatic nitrogens is 2. The Hall–Kier alpha value is -2.18. The zero-order valence-corrected chi connectivity index (χ0v) is 12.2. The molecule has 0 unspecified atom stereocenters. The van der Waals surface area contributed by atoms with Gasteiger partial charge in [0.15, 0.2) is 0 Å². The van der Waals surface area contributed by atoms with E-state index in [1.165, 1.54) is 4.90 Å². The molecule has 1 aliphatic carbocycles. The number of aromatic amines is 1. The van der Waals surface area contributed by atoms with E-state index in [2.05, 4.69) is 9.97 Å². The van der Waals surface area contributed by atoms with Crippen LogP contribution in [-0.2, 0) is 4.79 Å². The van der Waals surface area contributed by atoms with Crippen molar-refractivity contribution in [3.05, 3.63) is 27.4 Å². The zero-order chi connectivity index (χ0) is 15.6. The molecular formula is C14H19N3O4. The first kappa shape index (κ1) is 15.2. The van der Waals surface area contributed by atoms with Crippen LogP contribution in [0, 0.1) is 6.92 Å². The van der Waals surface area contributed by atoms with Crippen LogP contribution in [0.5, 0.6) is 0 Å². The highest BCUT2D eigenvalue weighted by atomic mass is 16.4. The second kappa shape index (κ2) is 6.07. The van der Waals surface area contributed by atoms with Crippen molar-refractivity contribution in [3.8, 4) is 0 Å². The molecule has 1 saturated carbocycles. The van der Waals surface area contributed by atoms with Crippen molar-refractivity contribution in [1.82, 2.24) is 14.9 Å². The van der Waals surface area contributed by atoms with Crippen molar-refractivity contribution in [2.24, 2.45) is 0 Å². The number of carboxylic acids is 1. The average molecular weight is 293 g/mol. The Morgan fingerprint density at radius 1 is 1.43 bits per heavy atom. The van der Waals surface area contributed by atoms with E-state index in [4.69, 9.17) is 5.11 Å². The summed E-state index contributed by atoms with van der Waals surface area (Å²) in [5, 5.41) is 8.71. The molecule has 1 aromatic heterocycles. The van der Waals surface area contributed by atoms with Gasteiger partial charge in [-0.2, -0.15) is 0 Å². The smallest absolute Gasteiger partial charge is 0.305 e. The maximum atomic E-state index is 12.4. The Bertz CT molecular complexity index is 619. The van der Waals surface area contributed by atoms with E-state index in [0.717, 1.165) is 12.8 Å². The molecule has 114 valence electrons. The maximum Gasteiger partial charge on any atom is 0.305 e. The quantitative estimate of drug-likeness (QED) is 0.810. The molecule has 1 fully saturated rings. The fraction of sp³-hybridized carbons (Fsp3) is 0.571. The highest BCUT2D eigenvalue weighted by Gasteiger charge is 2.29. The Balaban J connectivity index is 2.25. The number of nitrogens with zero attached hydrogens (tertiary/aromatic N) is 2. The number of H-pyrrole nitrogens is 1. The Kier molecular flexibility index (Phi) is 4.40. The van der Waals surface area contributed by atoms with Crippen LogP contribution in [0.2, 0.25) is 0 Å². The van der Waals surface area contributed by atoms with Crippen LogP contribution in [-0.4, -0.2) is 44.9 Å². The first-order valence-electron chi connectivity index (χ1n) is 7.06. The highest BCUT2D eigenvalue weighted by molar-refractivity contribution is 5.95. The van der Waals surface area contributed by atoms with Gasteiger partial charge in [0.25, 0.3) is 11.5 Å². The number of aliphatic carboxylic acids is 1. The van der Waals surface area contributed by atoms with E-state index in [1.54, 1.807) is 13.8 Å². The fourth-order valence-corrected chi connectivity index (χ4v) is 2.20. The van der Waals surface area contributed by atoms with Crippen LogP contribution in [0.4, 0.5) is 0 Å². The van der Waals surface area contributed by atoms with Crippen LogP contribution < -0.4 is 5.56 Å². The van der Waals surface area contributed by atoms with Gasteiger partial charge in [-0.25, -0.2) is 4.98 Å². The molecule has 0 atom stereocenters. The lowest BCUT2D eigenvalue weighted by Gasteiger charge is -2.20. The van der Waals surface area contributed by atoms with Crippen molar-refractivity contribution in [1.29, 1.82) is 0 Å². The van der Waals surface area contributed by atoms with Crippen molar-refractivity contribution >= 4 is 11.9 Å². The molecule has 21 heavy (non-hydrogen) atoms. The lowest BCUT2D eigenvalue weighted by Crippen LogP contribution is -2.37. The second-order valence-corrected chi connectivity index (χ2v) is 5.21. The fourth-order valence-electron chi connectivity index (χ4n) is 2.20. The van der Waals surface area contributed by atoms with Crippen LogP contribution in [0.25, 0.3) is 0 Å². The summed E-state index contributed by atoms with van der Waals surface area (Å²) in [5.74, 6) is -0.501. The average Bonchev–Trinajstić information content (AvgIpc) is 3.22. The molecule has 0 spiro atoms. The van der Waals surface area contributed by atoms with Crippen molar-refractivity contribution in [2.75, 3.05) is 13.1 Å². The summed E-state index contributed by atoms with van der Waals surface area (Å²) < 4.78 is 0. The van der Waals surface area contributed by atoms with E-state index >= 15 is 0 Å². The maximum absolute atomic E-state index is 12.4. The van der Waals surface area contributed by atoms with Crippen LogP contribution in [0.1, 0.15) is 54.0 Å². The van der Waals surface area contributed by atoms with Gasteiger partial charge in [-0.15, -0.1) is 0 Å². The molecule has 7 heteroatoms. The molecule has 1 aromatic rings. The monoisotopic (exact) mass is 293 g/mol. The van der Waals surface area contributed by atoms with Gasteiger partial charge >= 0.3 is 5.97 Å². The summed E-state index contributed by atoms with van der Waals surface area (Å²) >= 11 is 0. The van der Waals surface area contributed by atoms with Gasteiger partial charge in [0.05, 0.1) is 12.1 Å². The van der Waals surface area contributed by atoms with Crippen molar-refractivity contribution in [3.63, 3.8) is 0 Å². The molecule has 7 nitrogen and oxygen atoms in total.